The first-order valence-corrected chi connectivity index (χ1v) is 9.64. The highest BCUT2D eigenvalue weighted by Crippen LogP contribution is 2.11. The minimum absolute atomic E-state index is 0.0191. The molecule has 2 amide bonds. The summed E-state index contributed by atoms with van der Waals surface area (Å²) in [6, 6.07) is 4.29. The molecule has 27 heavy (non-hydrogen) atoms. The second-order valence-corrected chi connectivity index (χ2v) is 7.19. The summed E-state index contributed by atoms with van der Waals surface area (Å²) in [6.07, 6.45) is 1.40. The average molecular weight is 397 g/mol. The van der Waals surface area contributed by atoms with Gasteiger partial charge in [0.1, 0.15) is 6.04 Å². The molecule has 0 spiro atoms. The highest BCUT2D eigenvalue weighted by atomic mass is 32.2. The van der Waals surface area contributed by atoms with Gasteiger partial charge in [0.05, 0.1) is 10.5 Å². The Morgan fingerprint density at radius 1 is 1.22 bits per heavy atom. The summed E-state index contributed by atoms with van der Waals surface area (Å²) in [7, 11) is -3.69. The van der Waals surface area contributed by atoms with E-state index in [9.17, 15) is 22.8 Å². The van der Waals surface area contributed by atoms with E-state index in [0.29, 0.717) is 6.54 Å². The quantitative estimate of drug-likeness (QED) is 0.375. The van der Waals surface area contributed by atoms with Crippen molar-refractivity contribution in [2.45, 2.75) is 24.8 Å². The predicted molar refractivity (Wildman–Crippen MR) is 98.4 cm³/mol. The normalized spacial score (nSPS) is 11.9. The second-order valence-electron chi connectivity index (χ2n) is 5.42. The van der Waals surface area contributed by atoms with Crippen molar-refractivity contribution in [1.82, 2.24) is 15.4 Å². The minimum Gasteiger partial charge on any atom is -0.452 e. The number of sulfonamides is 1. The summed E-state index contributed by atoms with van der Waals surface area (Å²) in [6.45, 7) is 6.62. The molecule has 0 heterocycles. The van der Waals surface area contributed by atoms with E-state index in [1.54, 1.807) is 6.92 Å². The molecule has 0 aliphatic rings. The summed E-state index contributed by atoms with van der Waals surface area (Å²) in [4.78, 5) is 35.2. The SMILES string of the molecule is C=CCNS(=O)(=O)c1ccc(C(=O)OCC(=O)N[C@H](C)C(=O)NCC)cc1. The fraction of sp³-hybridized carbons (Fsp3) is 0.353. The van der Waals surface area contributed by atoms with Gasteiger partial charge in [-0.15, -0.1) is 6.58 Å². The van der Waals surface area contributed by atoms with E-state index in [0.717, 1.165) is 0 Å². The summed E-state index contributed by atoms with van der Waals surface area (Å²) in [5.74, 6) is -1.77. The molecule has 148 valence electrons. The van der Waals surface area contributed by atoms with Gasteiger partial charge < -0.3 is 15.4 Å². The molecule has 0 bridgehead atoms. The van der Waals surface area contributed by atoms with Crippen LogP contribution in [0, 0.1) is 0 Å². The van der Waals surface area contributed by atoms with E-state index < -0.39 is 34.5 Å². The second kappa shape index (κ2) is 10.4. The fourth-order valence-corrected chi connectivity index (χ4v) is 2.91. The minimum atomic E-state index is -3.69. The van der Waals surface area contributed by atoms with Crippen LogP contribution in [0.4, 0.5) is 0 Å². The fourth-order valence-electron chi connectivity index (χ4n) is 1.91. The Balaban J connectivity index is 2.59. The molecule has 0 saturated heterocycles. The van der Waals surface area contributed by atoms with Gasteiger partial charge in [0.15, 0.2) is 6.61 Å². The lowest BCUT2D eigenvalue weighted by Gasteiger charge is -2.13. The van der Waals surface area contributed by atoms with E-state index in [1.165, 1.54) is 37.3 Å². The molecule has 0 radical (unpaired) electrons. The van der Waals surface area contributed by atoms with E-state index in [-0.39, 0.29) is 22.9 Å². The number of esters is 1. The highest BCUT2D eigenvalue weighted by Gasteiger charge is 2.17. The van der Waals surface area contributed by atoms with Crippen molar-refractivity contribution in [3.8, 4) is 0 Å². The Bertz CT molecular complexity index is 789. The van der Waals surface area contributed by atoms with Crippen molar-refractivity contribution < 1.29 is 27.5 Å². The molecule has 0 fully saturated rings. The summed E-state index contributed by atoms with van der Waals surface area (Å²) < 4.78 is 31.0. The van der Waals surface area contributed by atoms with Gasteiger partial charge >= 0.3 is 5.97 Å². The third kappa shape index (κ3) is 7.19. The molecule has 3 N–H and O–H groups in total. The molecule has 0 aliphatic carbocycles. The Morgan fingerprint density at radius 2 is 1.85 bits per heavy atom. The Kier molecular flexibility index (Phi) is 8.63. The molecule has 10 heteroatoms. The first-order chi connectivity index (χ1) is 12.7. The summed E-state index contributed by atoms with van der Waals surface area (Å²) in [5, 5.41) is 4.95. The highest BCUT2D eigenvalue weighted by molar-refractivity contribution is 7.89. The van der Waals surface area contributed by atoms with E-state index in [2.05, 4.69) is 21.9 Å². The van der Waals surface area contributed by atoms with Crippen LogP contribution in [-0.4, -0.2) is 51.9 Å². The van der Waals surface area contributed by atoms with Crippen LogP contribution in [-0.2, 0) is 24.3 Å². The maximum atomic E-state index is 11.9. The topological polar surface area (TPSA) is 131 Å². The third-order valence-electron chi connectivity index (χ3n) is 3.27. The van der Waals surface area contributed by atoms with Crippen molar-refractivity contribution in [2.24, 2.45) is 0 Å². The number of benzene rings is 1. The number of hydrogen-bond acceptors (Lipinski definition) is 6. The molecule has 0 saturated carbocycles. The molecule has 0 aliphatic heterocycles. The van der Waals surface area contributed by atoms with Crippen LogP contribution in [0.15, 0.2) is 41.8 Å². The lowest BCUT2D eigenvalue weighted by Crippen LogP contribution is -2.46. The van der Waals surface area contributed by atoms with E-state index in [4.69, 9.17) is 4.74 Å². The maximum absolute atomic E-state index is 11.9. The van der Waals surface area contributed by atoms with Crippen LogP contribution in [0.2, 0.25) is 0 Å². The van der Waals surface area contributed by atoms with Crippen LogP contribution >= 0.6 is 0 Å². The van der Waals surface area contributed by atoms with Gasteiger partial charge in [-0.3, -0.25) is 9.59 Å². The smallest absolute Gasteiger partial charge is 0.338 e. The average Bonchev–Trinajstić information content (AvgIpc) is 2.64. The van der Waals surface area contributed by atoms with E-state index in [1.807, 2.05) is 0 Å². The van der Waals surface area contributed by atoms with Crippen LogP contribution in [0.3, 0.4) is 0 Å². The Labute approximate surface area is 158 Å². The van der Waals surface area contributed by atoms with Gasteiger partial charge in [0.2, 0.25) is 15.9 Å². The lowest BCUT2D eigenvalue weighted by atomic mass is 10.2. The molecule has 0 aromatic heterocycles. The number of carbonyl (C=O) groups is 3. The molecule has 1 rings (SSSR count). The number of nitrogens with one attached hydrogen (secondary N) is 3. The van der Waals surface area contributed by atoms with Crippen molar-refractivity contribution in [1.29, 1.82) is 0 Å². The van der Waals surface area contributed by atoms with Crippen LogP contribution in [0.5, 0.6) is 0 Å². The number of hydrogen-bond donors (Lipinski definition) is 3. The maximum Gasteiger partial charge on any atom is 0.338 e. The first kappa shape index (κ1) is 22.3. The van der Waals surface area contributed by atoms with Crippen LogP contribution in [0.1, 0.15) is 24.2 Å². The number of amides is 2. The van der Waals surface area contributed by atoms with Gasteiger partial charge in [0, 0.05) is 13.1 Å². The van der Waals surface area contributed by atoms with Crippen molar-refractivity contribution in [3.05, 3.63) is 42.5 Å². The van der Waals surface area contributed by atoms with Crippen molar-refractivity contribution >= 4 is 27.8 Å². The molecule has 1 aromatic rings. The molecule has 1 aromatic carbocycles. The molecule has 9 nitrogen and oxygen atoms in total. The largest absolute Gasteiger partial charge is 0.452 e. The van der Waals surface area contributed by atoms with Gasteiger partial charge in [0.25, 0.3) is 5.91 Å². The third-order valence-corrected chi connectivity index (χ3v) is 4.71. The van der Waals surface area contributed by atoms with Gasteiger partial charge in [-0.25, -0.2) is 17.9 Å². The van der Waals surface area contributed by atoms with Gasteiger partial charge in [-0.05, 0) is 38.1 Å². The van der Waals surface area contributed by atoms with Crippen LogP contribution < -0.4 is 15.4 Å². The summed E-state index contributed by atoms with van der Waals surface area (Å²) in [5.41, 5.74) is 0.0854. The molecule has 1 atom stereocenters. The molecular formula is C17H23N3O6S. The number of likely N-dealkylation sites (N-methyl/N-ethyl adjacent to an activating group) is 1. The Hall–Kier alpha value is -2.72. The number of carbonyl (C=O) groups excluding carboxylic acids is 3. The lowest BCUT2D eigenvalue weighted by molar-refractivity contribution is -0.130. The number of ether oxygens (including phenoxy) is 1. The predicted octanol–water partition coefficient (Wildman–Crippen LogP) is -0.0515. The van der Waals surface area contributed by atoms with Crippen LogP contribution in [0.25, 0.3) is 0 Å². The van der Waals surface area contributed by atoms with E-state index >= 15 is 0 Å². The first-order valence-electron chi connectivity index (χ1n) is 8.16. The molecular weight excluding hydrogens is 374 g/mol. The monoisotopic (exact) mass is 397 g/mol. The van der Waals surface area contributed by atoms with Crippen molar-refractivity contribution in [2.75, 3.05) is 19.7 Å². The number of rotatable bonds is 10. The summed E-state index contributed by atoms with van der Waals surface area (Å²) >= 11 is 0. The zero-order chi connectivity index (χ0) is 20.4. The zero-order valence-corrected chi connectivity index (χ0v) is 16.0. The van der Waals surface area contributed by atoms with Gasteiger partial charge in [-0.2, -0.15) is 0 Å². The zero-order valence-electron chi connectivity index (χ0n) is 15.2. The molecule has 0 unspecified atom stereocenters. The van der Waals surface area contributed by atoms with Crippen molar-refractivity contribution in [3.63, 3.8) is 0 Å². The van der Waals surface area contributed by atoms with Gasteiger partial charge in [-0.1, -0.05) is 6.08 Å². The Morgan fingerprint density at radius 3 is 2.41 bits per heavy atom. The standard InChI is InChI=1S/C17H23N3O6S/c1-4-10-19-27(24,25)14-8-6-13(7-9-14)17(23)26-11-15(21)20-12(3)16(22)18-5-2/h4,6-9,12,19H,1,5,10-11H2,2-3H3,(H,18,22)(H,20,21)/t12-/m1/s1.